The summed E-state index contributed by atoms with van der Waals surface area (Å²) in [6.45, 7) is 0. The lowest BCUT2D eigenvalue weighted by molar-refractivity contribution is -0.192. The Hall–Kier alpha value is -1.23. The molecule has 0 amide bonds. The predicted molar refractivity (Wildman–Crippen MR) is 45.1 cm³/mol. The van der Waals surface area contributed by atoms with Gasteiger partial charge in [-0.05, 0) is 12.1 Å². The summed E-state index contributed by atoms with van der Waals surface area (Å²) in [6.07, 6.45) is -5.08. The standard InChI is InChI=1S/C6H5Cl.C2HF3O2/c7-6-4-2-1-3-5-6;3-2(4,5)1(6)7/h1-5H;(H,6,7). The molecule has 0 aliphatic heterocycles. The average molecular weight is 227 g/mol. The van der Waals surface area contributed by atoms with Gasteiger partial charge in [0.1, 0.15) is 0 Å². The van der Waals surface area contributed by atoms with Crippen LogP contribution in [0, 0.1) is 0 Å². The topological polar surface area (TPSA) is 37.3 Å². The molecular formula is C8H6ClF3O2. The van der Waals surface area contributed by atoms with Gasteiger partial charge in [-0.1, -0.05) is 29.8 Å². The van der Waals surface area contributed by atoms with E-state index in [1.807, 2.05) is 30.3 Å². The summed E-state index contributed by atoms with van der Waals surface area (Å²) < 4.78 is 31.7. The number of hydrogen-bond donors (Lipinski definition) is 1. The SMILES string of the molecule is Clc1ccccc1.O=C(O)C(F)(F)F. The molecule has 1 N–H and O–H groups in total. The third kappa shape index (κ3) is 6.30. The van der Waals surface area contributed by atoms with Crippen molar-refractivity contribution in [2.75, 3.05) is 0 Å². The number of benzene rings is 1. The zero-order valence-corrected chi connectivity index (χ0v) is 7.51. The molecule has 0 fully saturated rings. The lowest BCUT2D eigenvalue weighted by Gasteiger charge is -1.93. The van der Waals surface area contributed by atoms with Crippen LogP contribution in [0.3, 0.4) is 0 Å². The summed E-state index contributed by atoms with van der Waals surface area (Å²) in [5.74, 6) is -2.76. The molecule has 1 rings (SSSR count). The van der Waals surface area contributed by atoms with Crippen molar-refractivity contribution >= 4 is 17.6 Å². The molecule has 14 heavy (non-hydrogen) atoms. The molecule has 1 aromatic carbocycles. The third-order valence-corrected chi connectivity index (χ3v) is 1.23. The van der Waals surface area contributed by atoms with Crippen LogP contribution in [0.1, 0.15) is 0 Å². The van der Waals surface area contributed by atoms with E-state index in [1.54, 1.807) is 0 Å². The van der Waals surface area contributed by atoms with Crippen LogP contribution in [-0.4, -0.2) is 17.3 Å². The van der Waals surface area contributed by atoms with E-state index in [-0.39, 0.29) is 0 Å². The number of alkyl halides is 3. The van der Waals surface area contributed by atoms with Gasteiger partial charge in [-0.25, -0.2) is 4.79 Å². The van der Waals surface area contributed by atoms with Crippen LogP contribution in [-0.2, 0) is 4.79 Å². The smallest absolute Gasteiger partial charge is 0.475 e. The van der Waals surface area contributed by atoms with Gasteiger partial charge in [-0.3, -0.25) is 0 Å². The van der Waals surface area contributed by atoms with E-state index < -0.39 is 12.1 Å². The van der Waals surface area contributed by atoms with Crippen LogP contribution < -0.4 is 0 Å². The number of hydrogen-bond acceptors (Lipinski definition) is 1. The third-order valence-electron chi connectivity index (χ3n) is 0.976. The molecule has 0 unspecified atom stereocenters. The van der Waals surface area contributed by atoms with E-state index in [9.17, 15) is 13.2 Å². The molecule has 0 radical (unpaired) electrons. The highest BCUT2D eigenvalue weighted by atomic mass is 35.5. The minimum absolute atomic E-state index is 0.794. The van der Waals surface area contributed by atoms with Crippen molar-refractivity contribution in [2.45, 2.75) is 6.18 Å². The fourth-order valence-electron chi connectivity index (χ4n) is 0.415. The molecule has 0 bridgehead atoms. The van der Waals surface area contributed by atoms with Crippen LogP contribution in [0.5, 0.6) is 0 Å². The first-order valence-corrected chi connectivity index (χ1v) is 3.72. The summed E-state index contributed by atoms with van der Waals surface area (Å²) in [5, 5.41) is 7.92. The summed E-state index contributed by atoms with van der Waals surface area (Å²) >= 11 is 5.54. The van der Waals surface area contributed by atoms with Crippen LogP contribution in [0.4, 0.5) is 13.2 Å². The molecule has 2 nitrogen and oxygen atoms in total. The highest BCUT2D eigenvalue weighted by molar-refractivity contribution is 6.30. The summed E-state index contributed by atoms with van der Waals surface area (Å²) in [4.78, 5) is 8.90. The maximum Gasteiger partial charge on any atom is 0.490 e. The van der Waals surface area contributed by atoms with Gasteiger partial charge in [0.15, 0.2) is 0 Å². The second-order valence-electron chi connectivity index (χ2n) is 2.10. The molecule has 0 atom stereocenters. The average Bonchev–Trinajstić information content (AvgIpc) is 2.04. The summed E-state index contributed by atoms with van der Waals surface area (Å²) in [7, 11) is 0. The van der Waals surface area contributed by atoms with Crippen molar-refractivity contribution < 1.29 is 23.1 Å². The van der Waals surface area contributed by atoms with E-state index in [2.05, 4.69) is 0 Å². The molecule has 0 saturated carbocycles. The van der Waals surface area contributed by atoms with Gasteiger partial charge in [0.05, 0.1) is 0 Å². The van der Waals surface area contributed by atoms with Crippen molar-refractivity contribution in [3.05, 3.63) is 35.4 Å². The minimum Gasteiger partial charge on any atom is -0.475 e. The van der Waals surface area contributed by atoms with Crippen LogP contribution in [0.15, 0.2) is 30.3 Å². The Morgan fingerprint density at radius 3 is 1.71 bits per heavy atom. The van der Waals surface area contributed by atoms with E-state index in [0.717, 1.165) is 5.02 Å². The van der Waals surface area contributed by atoms with Crippen LogP contribution in [0.25, 0.3) is 0 Å². The molecule has 0 saturated heterocycles. The fourth-order valence-corrected chi connectivity index (χ4v) is 0.560. The van der Waals surface area contributed by atoms with Gasteiger partial charge >= 0.3 is 12.1 Å². The number of rotatable bonds is 0. The second kappa shape index (κ2) is 5.49. The fraction of sp³-hybridized carbons (Fsp3) is 0.125. The molecule has 78 valence electrons. The van der Waals surface area contributed by atoms with Gasteiger partial charge in [-0.15, -0.1) is 0 Å². The Morgan fingerprint density at radius 1 is 1.21 bits per heavy atom. The highest BCUT2D eigenvalue weighted by Gasteiger charge is 2.38. The number of aliphatic carboxylic acids is 1. The Kier molecular flexibility index (Phi) is 5.01. The molecule has 0 aromatic heterocycles. The van der Waals surface area contributed by atoms with Gasteiger partial charge in [0.2, 0.25) is 0 Å². The van der Waals surface area contributed by atoms with Crippen molar-refractivity contribution in [1.82, 2.24) is 0 Å². The van der Waals surface area contributed by atoms with E-state index >= 15 is 0 Å². The Morgan fingerprint density at radius 2 is 1.57 bits per heavy atom. The Labute approximate surface area is 82.9 Å². The Bertz CT molecular complexity index is 284. The van der Waals surface area contributed by atoms with E-state index in [0.29, 0.717) is 0 Å². The monoisotopic (exact) mass is 226 g/mol. The lowest BCUT2D eigenvalue weighted by Crippen LogP contribution is -2.21. The van der Waals surface area contributed by atoms with Gasteiger partial charge in [0, 0.05) is 5.02 Å². The number of carboxylic acids is 1. The van der Waals surface area contributed by atoms with Crippen LogP contribution in [0.2, 0.25) is 5.02 Å². The van der Waals surface area contributed by atoms with Crippen LogP contribution >= 0.6 is 11.6 Å². The first kappa shape index (κ1) is 12.8. The Balaban J connectivity index is 0.000000241. The van der Waals surface area contributed by atoms with Gasteiger partial charge in [-0.2, -0.15) is 13.2 Å². The largest absolute Gasteiger partial charge is 0.490 e. The van der Waals surface area contributed by atoms with Gasteiger partial charge < -0.3 is 5.11 Å². The van der Waals surface area contributed by atoms with Crippen molar-refractivity contribution in [1.29, 1.82) is 0 Å². The minimum atomic E-state index is -5.08. The van der Waals surface area contributed by atoms with Crippen molar-refractivity contribution in [3.63, 3.8) is 0 Å². The molecule has 6 heteroatoms. The summed E-state index contributed by atoms with van der Waals surface area (Å²) in [5.41, 5.74) is 0. The normalized spacial score (nSPS) is 10.0. The summed E-state index contributed by atoms with van der Waals surface area (Å²) in [6, 6.07) is 9.44. The molecule has 0 heterocycles. The zero-order valence-electron chi connectivity index (χ0n) is 6.75. The highest BCUT2D eigenvalue weighted by Crippen LogP contribution is 2.13. The maximum atomic E-state index is 10.6. The maximum absolute atomic E-state index is 10.6. The first-order valence-electron chi connectivity index (χ1n) is 3.34. The number of carbonyl (C=O) groups is 1. The zero-order chi connectivity index (χ0) is 11.2. The van der Waals surface area contributed by atoms with E-state index in [4.69, 9.17) is 21.5 Å². The molecule has 0 aliphatic carbocycles. The molecule has 1 aromatic rings. The molecule has 0 spiro atoms. The van der Waals surface area contributed by atoms with E-state index in [1.165, 1.54) is 0 Å². The van der Waals surface area contributed by atoms with Gasteiger partial charge in [0.25, 0.3) is 0 Å². The molecule has 0 aliphatic rings. The number of halogens is 4. The quantitative estimate of drug-likeness (QED) is 0.738. The van der Waals surface area contributed by atoms with Crippen molar-refractivity contribution in [2.24, 2.45) is 0 Å². The van der Waals surface area contributed by atoms with Crippen molar-refractivity contribution in [3.8, 4) is 0 Å². The molecular weight excluding hydrogens is 221 g/mol. The predicted octanol–water partition coefficient (Wildman–Crippen LogP) is 2.97. The first-order chi connectivity index (χ1) is 6.34. The lowest BCUT2D eigenvalue weighted by atomic mass is 10.4. The second-order valence-corrected chi connectivity index (χ2v) is 2.53. The number of carboxylic acid groups (broad SMARTS) is 1.